The molecule has 3 unspecified atom stereocenters. The molecule has 25 heteroatoms. The lowest BCUT2D eigenvalue weighted by molar-refractivity contribution is -0.294. The first-order valence-corrected chi connectivity index (χ1v) is 30.5. The van der Waals surface area contributed by atoms with Gasteiger partial charge in [0.15, 0.2) is 18.1 Å². The number of benzene rings is 2. The summed E-state index contributed by atoms with van der Waals surface area (Å²) in [4.78, 5) is 38.3. The molecule has 0 bridgehead atoms. The summed E-state index contributed by atoms with van der Waals surface area (Å²) in [5.41, 5.74) is 18.8. The summed E-state index contributed by atoms with van der Waals surface area (Å²) in [7, 11) is 2.68. The van der Waals surface area contributed by atoms with E-state index in [1.165, 1.54) is 17.4 Å². The van der Waals surface area contributed by atoms with Gasteiger partial charge in [-0.25, -0.2) is 9.59 Å². The van der Waals surface area contributed by atoms with E-state index >= 15 is 0 Å². The number of carbonyl (C=O) groups is 3. The molecular formula is C65H109N11O14. The topological polar surface area (TPSA) is 374 Å². The fraction of sp³-hybridized carbons (Fsp3) is 0.631. The summed E-state index contributed by atoms with van der Waals surface area (Å²) in [5.74, 6) is -0.351. The van der Waals surface area contributed by atoms with Crippen LogP contribution in [0.3, 0.4) is 0 Å². The number of urea groups is 1. The van der Waals surface area contributed by atoms with E-state index in [0.29, 0.717) is 29.3 Å². The highest BCUT2D eigenvalue weighted by Crippen LogP contribution is 2.35. The molecule has 2 aromatic carbocycles. The second-order valence-electron chi connectivity index (χ2n) is 25.4. The Morgan fingerprint density at radius 1 is 0.778 bits per heavy atom. The number of rotatable bonds is 25. The highest BCUT2D eigenvalue weighted by Gasteiger charge is 2.51. The van der Waals surface area contributed by atoms with Gasteiger partial charge in [-0.15, -0.1) is 0 Å². The summed E-state index contributed by atoms with van der Waals surface area (Å²) < 4.78 is 42.9. The fourth-order valence-electron chi connectivity index (χ4n) is 9.51. The maximum Gasteiger partial charge on any atom is 0.407 e. The molecule has 25 nitrogen and oxygen atoms in total. The van der Waals surface area contributed by atoms with Crippen LogP contribution in [-0.4, -0.2) is 168 Å². The number of primary amides is 1. The van der Waals surface area contributed by atoms with Gasteiger partial charge in [-0.1, -0.05) is 58.0 Å². The Labute approximate surface area is 534 Å². The zero-order valence-electron chi connectivity index (χ0n) is 55.9. The SMILES string of the molecule is C=C(NCC(O)CNCC1=CC[C@@H](NC(C)=O)[C@@H](O[C@H]2[C@H](O)[C@@H](OC3OC[C@@H](C)[C@H](CC)C3O)[C@H](NC(=C)[C@@H](C#N)CNC(=C)OC(C)(C)C)C[C@@H]2NC(=O)OCc2ccc(N)cc2)O1)OC(C)(C)C.CCc1ccc(N)cc1.CN(C(N)=O)C(C)(C)C.CO. The number of nitrogen functional groups attached to an aromatic ring is 2. The van der Waals surface area contributed by atoms with Crippen molar-refractivity contribution in [3.63, 3.8) is 0 Å². The molecule has 1 aliphatic carbocycles. The monoisotopic (exact) mass is 1270 g/mol. The van der Waals surface area contributed by atoms with Crippen LogP contribution >= 0.6 is 0 Å². The predicted molar refractivity (Wildman–Crippen MR) is 348 cm³/mol. The molecule has 3 aliphatic rings. The second kappa shape index (κ2) is 38.0. The van der Waals surface area contributed by atoms with Crippen molar-refractivity contribution in [1.29, 1.82) is 5.26 Å². The fourth-order valence-corrected chi connectivity index (χ4v) is 9.51. The van der Waals surface area contributed by atoms with Crippen molar-refractivity contribution in [1.82, 2.24) is 36.8 Å². The number of nitriles is 1. The molecule has 90 heavy (non-hydrogen) atoms. The Hall–Kier alpha value is -7.02. The van der Waals surface area contributed by atoms with E-state index in [2.05, 4.69) is 76.8 Å². The normalized spacial score (nSPS) is 23.7. The van der Waals surface area contributed by atoms with Crippen LogP contribution in [0.4, 0.5) is 21.0 Å². The lowest BCUT2D eigenvalue weighted by atomic mass is 9.82. The molecule has 2 aliphatic heterocycles. The number of ether oxygens (including phenoxy) is 7. The number of hydrogen-bond acceptors (Lipinski definition) is 21. The lowest BCUT2D eigenvalue weighted by Crippen LogP contribution is -2.67. The summed E-state index contributed by atoms with van der Waals surface area (Å²) >= 11 is 0. The summed E-state index contributed by atoms with van der Waals surface area (Å²) in [6.07, 6.45) is -5.48. The van der Waals surface area contributed by atoms with Crippen molar-refractivity contribution in [2.75, 3.05) is 58.4 Å². The van der Waals surface area contributed by atoms with Crippen molar-refractivity contribution in [3.8, 4) is 6.07 Å². The first-order chi connectivity index (χ1) is 42.0. The van der Waals surface area contributed by atoms with E-state index in [1.54, 1.807) is 37.4 Å². The van der Waals surface area contributed by atoms with Gasteiger partial charge in [0.25, 0.3) is 0 Å². The lowest BCUT2D eigenvalue weighted by Gasteiger charge is -2.49. The Balaban J connectivity index is 0.00000117. The molecule has 0 radical (unpaired) electrons. The molecular weight excluding hydrogens is 1160 g/mol. The third kappa shape index (κ3) is 28.9. The molecule has 1 saturated carbocycles. The van der Waals surface area contributed by atoms with Gasteiger partial charge in [0.2, 0.25) is 12.2 Å². The molecule has 5 rings (SSSR count). The summed E-state index contributed by atoms with van der Waals surface area (Å²) in [6.45, 7) is 37.2. The van der Waals surface area contributed by atoms with Crippen LogP contribution in [0.5, 0.6) is 0 Å². The maximum absolute atomic E-state index is 13.7. The van der Waals surface area contributed by atoms with Gasteiger partial charge >= 0.3 is 12.1 Å². The molecule has 16 N–H and O–H groups in total. The van der Waals surface area contributed by atoms with Crippen LogP contribution in [0, 0.1) is 29.1 Å². The number of amides is 4. The van der Waals surface area contributed by atoms with Crippen LogP contribution in [0.2, 0.25) is 0 Å². The molecule has 2 aromatic rings. The van der Waals surface area contributed by atoms with Gasteiger partial charge in [-0.3, -0.25) is 4.79 Å². The number of anilines is 2. The van der Waals surface area contributed by atoms with Gasteiger partial charge in [0, 0.05) is 63.3 Å². The van der Waals surface area contributed by atoms with Gasteiger partial charge < -0.3 is 108 Å². The molecule has 4 amide bonds. The zero-order valence-corrected chi connectivity index (χ0v) is 55.9. The average Bonchev–Trinajstić information content (AvgIpc) is 0.927. The van der Waals surface area contributed by atoms with Crippen molar-refractivity contribution >= 4 is 29.4 Å². The molecule has 2 fully saturated rings. The Bertz CT molecular complexity index is 2600. The first kappa shape index (κ1) is 79.1. The van der Waals surface area contributed by atoms with Crippen molar-refractivity contribution in [3.05, 3.63) is 109 Å². The van der Waals surface area contributed by atoms with E-state index < -0.39 is 84.4 Å². The molecule has 2 heterocycles. The van der Waals surface area contributed by atoms with Gasteiger partial charge in [-0.2, -0.15) is 5.26 Å². The van der Waals surface area contributed by atoms with Gasteiger partial charge in [-0.05, 0) is 148 Å². The third-order valence-electron chi connectivity index (χ3n) is 14.5. The number of aliphatic hydroxyl groups excluding tert-OH is 4. The van der Waals surface area contributed by atoms with E-state index in [9.17, 15) is 35.0 Å². The second-order valence-corrected chi connectivity index (χ2v) is 25.4. The minimum Gasteiger partial charge on any atom is -0.474 e. The smallest absolute Gasteiger partial charge is 0.407 e. The quantitative estimate of drug-likeness (QED) is 0.0433. The maximum atomic E-state index is 13.7. The van der Waals surface area contributed by atoms with Crippen LogP contribution in [0.1, 0.15) is 120 Å². The van der Waals surface area contributed by atoms with Gasteiger partial charge in [0.1, 0.15) is 53.9 Å². The zero-order chi connectivity index (χ0) is 68.3. The third-order valence-corrected chi connectivity index (χ3v) is 14.5. The van der Waals surface area contributed by atoms with Crippen molar-refractivity contribution < 1.29 is 68.0 Å². The minimum atomic E-state index is -1.59. The molecule has 1 saturated heterocycles. The number of carbonyl (C=O) groups excluding carboxylic acids is 3. The van der Waals surface area contributed by atoms with E-state index in [1.807, 2.05) is 88.3 Å². The van der Waals surface area contributed by atoms with Crippen LogP contribution in [-0.2, 0) is 51.0 Å². The largest absolute Gasteiger partial charge is 0.474 e. The Morgan fingerprint density at radius 2 is 1.30 bits per heavy atom. The summed E-state index contributed by atoms with van der Waals surface area (Å²) in [5, 5.41) is 70.4. The minimum absolute atomic E-state index is 0.00879. The Morgan fingerprint density at radius 3 is 1.78 bits per heavy atom. The highest BCUT2D eigenvalue weighted by atomic mass is 16.7. The average molecular weight is 1270 g/mol. The van der Waals surface area contributed by atoms with Crippen molar-refractivity contribution in [2.24, 2.45) is 23.5 Å². The van der Waals surface area contributed by atoms with Crippen LogP contribution in [0.25, 0.3) is 0 Å². The molecule has 13 atom stereocenters. The molecule has 0 spiro atoms. The van der Waals surface area contributed by atoms with E-state index in [-0.39, 0.29) is 93.1 Å². The van der Waals surface area contributed by atoms with Gasteiger partial charge in [0.05, 0.1) is 43.5 Å². The first-order valence-electron chi connectivity index (χ1n) is 30.5. The standard InChI is InChI=1S/C50H80N8O12.C8H11N.C6H14N2O.CH4O/c1-13-38-28(2)26-64-47(42(38)61)68-44-40(56-29(3)34(21-51)22-54-31(5)69-49(7,8)9)20-41(58-48(63)65-27-33-14-16-35(52)17-15-33)45(43(44)62)67-46-39(57-30(4)59)19-18-37(66-46)25-53-23-36(60)24-55-32(6)70-50(10,11)12;1-2-7-3-5-8(9)6-4-7;1-6(2,3)8(4)5(7)9;1-2/h14-18,28,34,36,38-47,53-56,60-62H,3,5-6,13,19-20,22-27,52H2,1-2,4,7-12H3,(H,57,59)(H,58,63);3-6H,2,9H2,1H3;1-4H3,(H2,7,9);2H,1H3/t28-,34+,36?,38+,39-,40-,41+,42?,43-,44+,45-,46-,47?;;;/m1.../s1. The van der Waals surface area contributed by atoms with Crippen LogP contribution < -0.4 is 49.1 Å². The predicted octanol–water partition coefficient (Wildman–Crippen LogP) is 5.46. The highest BCUT2D eigenvalue weighted by molar-refractivity contribution is 5.73. The number of alkyl carbamates (subject to hydrolysis) is 1. The number of nitrogens with two attached hydrogens (primary N) is 3. The number of hydrogen-bond donors (Lipinski definition) is 13. The number of nitrogens with one attached hydrogen (secondary N) is 6. The van der Waals surface area contributed by atoms with E-state index in [0.717, 1.165) is 19.2 Å². The van der Waals surface area contributed by atoms with Crippen molar-refractivity contribution in [2.45, 2.75) is 200 Å². The summed E-state index contributed by atoms with van der Waals surface area (Å²) in [6, 6.07) is 14.0. The molecule has 508 valence electrons. The number of aryl methyl sites for hydroxylation is 1. The number of aliphatic hydroxyl groups is 4. The van der Waals surface area contributed by atoms with E-state index in [4.69, 9.17) is 55.5 Å². The molecule has 0 aromatic heterocycles. The Kier molecular flexibility index (Phi) is 33.4. The number of nitrogens with zero attached hydrogens (tertiary/aromatic N) is 2. The van der Waals surface area contributed by atoms with Crippen LogP contribution in [0.15, 0.2) is 97.6 Å².